The zero-order chi connectivity index (χ0) is 16.6. The summed E-state index contributed by atoms with van der Waals surface area (Å²) in [6, 6.07) is 0. The molecule has 0 spiro atoms. The van der Waals surface area contributed by atoms with Gasteiger partial charge in [0, 0.05) is 25.4 Å². The van der Waals surface area contributed by atoms with Crippen molar-refractivity contribution in [2.24, 2.45) is 5.73 Å². The third kappa shape index (κ3) is 4.79. The van der Waals surface area contributed by atoms with Crippen LogP contribution in [0, 0.1) is 0 Å². The first-order chi connectivity index (χ1) is 10.5. The van der Waals surface area contributed by atoms with Crippen molar-refractivity contribution in [3.05, 3.63) is 17.7 Å². The molecule has 1 aromatic rings. The van der Waals surface area contributed by atoms with Gasteiger partial charge >= 0.3 is 5.97 Å². The van der Waals surface area contributed by atoms with Crippen LogP contribution in [0.15, 0.2) is 6.20 Å². The monoisotopic (exact) mass is 313 g/mol. The van der Waals surface area contributed by atoms with Gasteiger partial charge in [0.05, 0.1) is 19.3 Å². The number of H-pyrrole nitrogens is 1. The lowest BCUT2D eigenvalue weighted by Crippen LogP contribution is -2.61. The molecule has 0 aliphatic carbocycles. The number of hydrogen-bond donors (Lipinski definition) is 3. The van der Waals surface area contributed by atoms with E-state index in [0.29, 0.717) is 12.8 Å². The number of hydrogen-bond acceptors (Lipinski definition) is 6. The van der Waals surface area contributed by atoms with Crippen molar-refractivity contribution in [3.8, 4) is 0 Å². The number of aromatic nitrogens is 2. The number of aliphatic hydroxyl groups is 1. The van der Waals surface area contributed by atoms with Crippen molar-refractivity contribution in [1.29, 1.82) is 0 Å². The summed E-state index contributed by atoms with van der Waals surface area (Å²) in [6.07, 6.45) is 3.40. The number of aromatic amines is 1. The molecule has 1 heterocycles. The van der Waals surface area contributed by atoms with Crippen LogP contribution in [0.3, 0.4) is 0 Å². The van der Waals surface area contributed by atoms with Crippen molar-refractivity contribution in [3.63, 3.8) is 0 Å². The van der Waals surface area contributed by atoms with E-state index in [2.05, 4.69) is 9.97 Å². The molecular formula is C15H27N3O4. The molecule has 2 atom stereocenters. The Bertz CT molecular complexity index is 463. The van der Waals surface area contributed by atoms with E-state index in [4.69, 9.17) is 15.2 Å². The Morgan fingerprint density at radius 2 is 2.27 bits per heavy atom. The highest BCUT2D eigenvalue weighted by Gasteiger charge is 2.42. The SMILES string of the molecule is CCOC(=O)C(N)(COC)C(O)CCCc1cnc(CC)[nH]1. The molecule has 0 saturated heterocycles. The van der Waals surface area contributed by atoms with Crippen LogP contribution in [0.25, 0.3) is 0 Å². The van der Waals surface area contributed by atoms with Crippen molar-refractivity contribution in [2.75, 3.05) is 20.3 Å². The second-order valence-electron chi connectivity index (χ2n) is 5.31. The number of imidazole rings is 1. The minimum atomic E-state index is -1.53. The summed E-state index contributed by atoms with van der Waals surface area (Å²) in [6.45, 7) is 3.85. The maximum Gasteiger partial charge on any atom is 0.331 e. The molecule has 1 rings (SSSR count). The zero-order valence-electron chi connectivity index (χ0n) is 13.6. The van der Waals surface area contributed by atoms with Gasteiger partial charge in [0.1, 0.15) is 5.82 Å². The number of nitrogens with two attached hydrogens (primary N) is 1. The maximum absolute atomic E-state index is 12.0. The van der Waals surface area contributed by atoms with Crippen LogP contribution in [0.5, 0.6) is 0 Å². The Kier molecular flexibility index (Phi) is 7.50. The number of ether oxygens (including phenoxy) is 2. The minimum absolute atomic E-state index is 0.0863. The van der Waals surface area contributed by atoms with Crippen LogP contribution in [0.4, 0.5) is 0 Å². The molecular weight excluding hydrogens is 286 g/mol. The van der Waals surface area contributed by atoms with Crippen molar-refractivity contribution >= 4 is 5.97 Å². The normalized spacial score (nSPS) is 15.3. The molecule has 0 fully saturated rings. The second kappa shape index (κ2) is 8.87. The number of esters is 1. The number of methoxy groups -OCH3 is 1. The molecule has 2 unspecified atom stereocenters. The van der Waals surface area contributed by atoms with Gasteiger partial charge in [-0.15, -0.1) is 0 Å². The summed E-state index contributed by atoms with van der Waals surface area (Å²) in [4.78, 5) is 19.4. The molecule has 0 aliphatic rings. The topological polar surface area (TPSA) is 110 Å². The molecule has 0 bridgehead atoms. The number of carbonyl (C=O) groups is 1. The molecule has 0 amide bonds. The average molecular weight is 313 g/mol. The zero-order valence-corrected chi connectivity index (χ0v) is 13.6. The smallest absolute Gasteiger partial charge is 0.331 e. The van der Waals surface area contributed by atoms with Gasteiger partial charge < -0.3 is 25.3 Å². The Hall–Kier alpha value is -1.44. The molecule has 7 heteroatoms. The largest absolute Gasteiger partial charge is 0.464 e. The fraction of sp³-hybridized carbons (Fsp3) is 0.733. The highest BCUT2D eigenvalue weighted by atomic mass is 16.5. The quantitative estimate of drug-likeness (QED) is 0.544. The van der Waals surface area contributed by atoms with Crippen molar-refractivity contribution in [1.82, 2.24) is 9.97 Å². The van der Waals surface area contributed by atoms with Gasteiger partial charge in [-0.25, -0.2) is 9.78 Å². The highest BCUT2D eigenvalue weighted by Crippen LogP contribution is 2.17. The maximum atomic E-state index is 12.0. The number of aliphatic hydroxyl groups excluding tert-OH is 1. The second-order valence-corrected chi connectivity index (χ2v) is 5.31. The number of rotatable bonds is 10. The van der Waals surface area contributed by atoms with Crippen LogP contribution in [-0.2, 0) is 27.1 Å². The Morgan fingerprint density at radius 1 is 1.55 bits per heavy atom. The summed E-state index contributed by atoms with van der Waals surface area (Å²) in [7, 11) is 1.43. The predicted molar refractivity (Wildman–Crippen MR) is 82.3 cm³/mol. The van der Waals surface area contributed by atoms with E-state index < -0.39 is 17.6 Å². The summed E-state index contributed by atoms with van der Waals surface area (Å²) < 4.78 is 9.92. The lowest BCUT2D eigenvalue weighted by atomic mass is 9.90. The van der Waals surface area contributed by atoms with Crippen LogP contribution >= 0.6 is 0 Å². The molecule has 0 aromatic carbocycles. The Morgan fingerprint density at radius 3 is 2.82 bits per heavy atom. The van der Waals surface area contributed by atoms with Gasteiger partial charge in [-0.3, -0.25) is 0 Å². The molecule has 0 aliphatic heterocycles. The number of nitrogens with one attached hydrogen (secondary N) is 1. The lowest BCUT2D eigenvalue weighted by Gasteiger charge is -2.31. The summed E-state index contributed by atoms with van der Waals surface area (Å²) in [5, 5.41) is 10.3. The lowest BCUT2D eigenvalue weighted by molar-refractivity contribution is -0.157. The van der Waals surface area contributed by atoms with Gasteiger partial charge in [0.2, 0.25) is 0 Å². The van der Waals surface area contributed by atoms with Crippen LogP contribution < -0.4 is 5.73 Å². The molecule has 126 valence electrons. The van der Waals surface area contributed by atoms with E-state index in [-0.39, 0.29) is 13.2 Å². The standard InChI is InChI=1S/C15H27N3O4/c1-4-13-17-9-11(18-13)7-6-8-12(19)15(16,10-21-3)14(20)22-5-2/h9,12,19H,4-8,10,16H2,1-3H3,(H,17,18). The highest BCUT2D eigenvalue weighted by molar-refractivity contribution is 5.81. The van der Waals surface area contributed by atoms with Gasteiger partial charge in [-0.05, 0) is 26.2 Å². The van der Waals surface area contributed by atoms with Crippen molar-refractivity contribution in [2.45, 2.75) is 51.2 Å². The molecule has 1 aromatic heterocycles. The van der Waals surface area contributed by atoms with E-state index >= 15 is 0 Å². The van der Waals surface area contributed by atoms with Gasteiger partial charge in [0.15, 0.2) is 5.54 Å². The average Bonchev–Trinajstić information content (AvgIpc) is 2.95. The van der Waals surface area contributed by atoms with Crippen LogP contribution in [0.1, 0.15) is 38.2 Å². The number of nitrogens with zero attached hydrogens (tertiary/aromatic N) is 1. The first kappa shape index (κ1) is 18.6. The molecule has 0 radical (unpaired) electrons. The van der Waals surface area contributed by atoms with E-state index in [9.17, 15) is 9.90 Å². The number of carbonyl (C=O) groups excluding carboxylic acids is 1. The van der Waals surface area contributed by atoms with Crippen molar-refractivity contribution < 1.29 is 19.4 Å². The predicted octanol–water partition coefficient (Wildman–Crippen LogP) is 0.563. The molecule has 22 heavy (non-hydrogen) atoms. The summed E-state index contributed by atoms with van der Waals surface area (Å²) in [5.74, 6) is 0.300. The van der Waals surface area contributed by atoms with Gasteiger partial charge in [-0.2, -0.15) is 0 Å². The van der Waals surface area contributed by atoms with Crippen LogP contribution in [0.2, 0.25) is 0 Å². The Balaban J connectivity index is 2.55. The first-order valence-corrected chi connectivity index (χ1v) is 7.63. The fourth-order valence-corrected chi connectivity index (χ4v) is 2.25. The fourth-order valence-electron chi connectivity index (χ4n) is 2.25. The van der Waals surface area contributed by atoms with Gasteiger partial charge in [0.25, 0.3) is 0 Å². The van der Waals surface area contributed by atoms with E-state index in [1.54, 1.807) is 13.1 Å². The van der Waals surface area contributed by atoms with E-state index in [1.165, 1.54) is 7.11 Å². The Labute approximate surface area is 131 Å². The van der Waals surface area contributed by atoms with E-state index in [1.807, 2.05) is 6.92 Å². The van der Waals surface area contributed by atoms with Gasteiger partial charge in [-0.1, -0.05) is 6.92 Å². The third-order valence-electron chi connectivity index (χ3n) is 3.57. The van der Waals surface area contributed by atoms with E-state index in [0.717, 1.165) is 24.4 Å². The third-order valence-corrected chi connectivity index (χ3v) is 3.57. The first-order valence-electron chi connectivity index (χ1n) is 7.63. The molecule has 7 nitrogen and oxygen atoms in total. The van der Waals surface area contributed by atoms with Crippen LogP contribution in [-0.4, -0.2) is 53.0 Å². The summed E-state index contributed by atoms with van der Waals surface area (Å²) in [5.41, 5.74) is 5.49. The molecule has 4 N–H and O–H groups in total. The minimum Gasteiger partial charge on any atom is -0.464 e. The summed E-state index contributed by atoms with van der Waals surface area (Å²) >= 11 is 0. The number of aryl methyl sites for hydroxylation is 2. The molecule has 0 saturated carbocycles.